The Balaban J connectivity index is 0.000000185. The molecule has 12 rings (SSSR count). The van der Waals surface area contributed by atoms with Crippen LogP contribution in [0.15, 0.2) is 173 Å². The molecule has 8 amide bonds. The molecule has 0 atom stereocenters. The first-order valence-electron chi connectivity index (χ1n) is 33.5. The SMILES string of the molecule is CN(C)C(=O)c1cc(Br)cc(Br)c1NC(=O)c1cc(Br)nn1-c1ncccc1Cl.CN(C)C(=O)c1cc(Br)cc(Br)c1NC(=O)c1cc(C(F)(F)F)nn1-c1ncccc1Cl.CN(C)C(=O)c1cc(Cl)cc(Cl)c1NC(=O)c1cc(Br)nn1-c1ncccc1Cl.CN(C)C(=O)c1cc(Cl)cc(Cl)c1NC(=O)c1cc(C(F)(F)F)nn1-c1ncccc1Cl. The zero-order valence-electron chi connectivity index (χ0n) is 62.8. The normalized spacial score (nSPS) is 11.0. The number of nitrogens with zero attached hydrogens (tertiary/aromatic N) is 16. The lowest BCUT2D eigenvalue weighted by Gasteiger charge is -2.17. The Hall–Kier alpha value is -9.14. The van der Waals surface area contributed by atoms with E-state index in [9.17, 15) is 64.7 Å². The van der Waals surface area contributed by atoms with E-state index in [1.807, 2.05) is 0 Å². The molecule has 0 fully saturated rings. The quantitative estimate of drug-likeness (QED) is 0.0653. The van der Waals surface area contributed by atoms with Crippen LogP contribution in [0.4, 0.5) is 49.1 Å². The number of rotatable bonds is 16. The molecular formula is C74H52Br6Cl8F6N20O8. The van der Waals surface area contributed by atoms with E-state index in [4.69, 9.17) is 92.8 Å². The maximum Gasteiger partial charge on any atom is 0.435 e. The largest absolute Gasteiger partial charge is 0.435 e. The van der Waals surface area contributed by atoms with Crippen LogP contribution in [0, 0.1) is 0 Å². The van der Waals surface area contributed by atoms with Crippen molar-refractivity contribution in [2.45, 2.75) is 12.4 Å². The van der Waals surface area contributed by atoms with Crippen LogP contribution in [0.3, 0.4) is 0 Å². The molecule has 12 aromatic rings. The second-order valence-corrected chi connectivity index (χ2v) is 33.7. The fourth-order valence-electron chi connectivity index (χ4n) is 10.3. The number of hydrogen-bond donors (Lipinski definition) is 4. The van der Waals surface area contributed by atoms with Crippen molar-refractivity contribution in [2.24, 2.45) is 0 Å². The van der Waals surface area contributed by atoms with Gasteiger partial charge in [-0.05, 0) is 161 Å². The highest BCUT2D eigenvalue weighted by molar-refractivity contribution is 9.11. The summed E-state index contributed by atoms with van der Waals surface area (Å²) in [5.41, 5.74) is -2.37. The Morgan fingerprint density at radius 2 is 0.574 bits per heavy atom. The van der Waals surface area contributed by atoms with Gasteiger partial charge in [0.25, 0.3) is 47.3 Å². The van der Waals surface area contributed by atoms with Gasteiger partial charge in [0.2, 0.25) is 0 Å². The second kappa shape index (κ2) is 41.1. The number of carbonyl (C=O) groups is 8. The van der Waals surface area contributed by atoms with Gasteiger partial charge in [-0.3, -0.25) is 38.4 Å². The van der Waals surface area contributed by atoms with Gasteiger partial charge < -0.3 is 40.9 Å². The van der Waals surface area contributed by atoms with Crippen molar-refractivity contribution in [2.75, 3.05) is 77.6 Å². The maximum absolute atomic E-state index is 13.3. The number of hydrogen-bond acceptors (Lipinski definition) is 16. The van der Waals surface area contributed by atoms with Crippen molar-refractivity contribution in [1.29, 1.82) is 0 Å². The van der Waals surface area contributed by atoms with Crippen molar-refractivity contribution in [3.8, 4) is 23.3 Å². The van der Waals surface area contributed by atoms with Gasteiger partial charge in [-0.15, -0.1) is 0 Å². The molecule has 0 unspecified atom stereocenters. The molecule has 636 valence electrons. The highest BCUT2D eigenvalue weighted by atomic mass is 79.9. The van der Waals surface area contributed by atoms with E-state index >= 15 is 0 Å². The van der Waals surface area contributed by atoms with E-state index in [2.05, 4.69) is 157 Å². The molecule has 8 heterocycles. The van der Waals surface area contributed by atoms with Crippen molar-refractivity contribution >= 4 is 258 Å². The smallest absolute Gasteiger partial charge is 0.345 e. The molecule has 122 heavy (non-hydrogen) atoms. The Morgan fingerprint density at radius 1 is 0.328 bits per heavy atom. The molecule has 0 saturated carbocycles. The molecular weight excluding hydrogens is 2170 g/mol. The number of amides is 8. The average molecular weight is 2230 g/mol. The summed E-state index contributed by atoms with van der Waals surface area (Å²) in [5, 5.41) is 26.8. The number of alkyl halides is 6. The molecule has 4 N–H and O–H groups in total. The Labute approximate surface area is 777 Å². The number of pyridine rings is 4. The second-order valence-electron chi connectivity index (χ2n) is 25.3. The van der Waals surface area contributed by atoms with Gasteiger partial charge >= 0.3 is 12.4 Å². The van der Waals surface area contributed by atoms with Crippen LogP contribution in [-0.2, 0) is 12.4 Å². The average Bonchev–Trinajstić information content (AvgIpc) is 1.58. The zero-order valence-corrected chi connectivity index (χ0v) is 78.4. The van der Waals surface area contributed by atoms with E-state index in [0.29, 0.717) is 75.7 Å². The molecule has 0 aliphatic carbocycles. The fraction of sp³-hybridized carbons (Fsp3) is 0.135. The fourth-order valence-corrected chi connectivity index (χ4v) is 15.6. The first kappa shape index (κ1) is 96.7. The van der Waals surface area contributed by atoms with E-state index < -0.39 is 70.6 Å². The Morgan fingerprint density at radius 3 is 0.828 bits per heavy atom. The van der Waals surface area contributed by atoms with Crippen molar-refractivity contribution in [1.82, 2.24) is 78.7 Å². The summed E-state index contributed by atoms with van der Waals surface area (Å²) in [7, 11) is 12.4. The lowest BCUT2D eigenvalue weighted by Crippen LogP contribution is -2.25. The zero-order chi connectivity index (χ0) is 90.2. The highest BCUT2D eigenvalue weighted by Crippen LogP contribution is 2.40. The summed E-state index contributed by atoms with van der Waals surface area (Å²) in [6.07, 6.45) is -3.99. The van der Waals surface area contributed by atoms with Crippen LogP contribution in [0.5, 0.6) is 0 Å². The minimum Gasteiger partial charge on any atom is -0.345 e. The molecule has 0 aliphatic rings. The van der Waals surface area contributed by atoms with Gasteiger partial charge in [-0.25, -0.2) is 38.7 Å². The number of carbonyl (C=O) groups excluding carboxylic acids is 8. The van der Waals surface area contributed by atoms with E-state index in [0.717, 1.165) is 0 Å². The molecule has 0 radical (unpaired) electrons. The third kappa shape index (κ3) is 23.5. The molecule has 8 aromatic heterocycles. The highest BCUT2D eigenvalue weighted by Gasteiger charge is 2.39. The summed E-state index contributed by atoms with van der Waals surface area (Å²) in [6.45, 7) is 0. The van der Waals surface area contributed by atoms with Crippen LogP contribution in [-0.4, -0.2) is 182 Å². The number of benzene rings is 4. The number of halogens is 20. The molecule has 28 nitrogen and oxygen atoms in total. The summed E-state index contributed by atoms with van der Waals surface area (Å²) >= 11 is 68.8. The lowest BCUT2D eigenvalue weighted by molar-refractivity contribution is -0.142. The van der Waals surface area contributed by atoms with E-state index in [-0.39, 0.29) is 105 Å². The monoisotopic (exact) mass is 2220 g/mol. The van der Waals surface area contributed by atoms with E-state index in [1.54, 1.807) is 82.9 Å². The third-order valence-electron chi connectivity index (χ3n) is 15.8. The Bertz CT molecular complexity index is 5760. The predicted octanol–water partition coefficient (Wildman–Crippen LogP) is 20.7. The topological polar surface area (TPSA) is 320 Å². The van der Waals surface area contributed by atoms with E-state index in [1.165, 1.54) is 136 Å². The Kier molecular flexibility index (Phi) is 32.6. The van der Waals surface area contributed by atoms with Crippen LogP contribution in [0.25, 0.3) is 23.3 Å². The molecule has 4 aromatic carbocycles. The maximum atomic E-state index is 13.3. The van der Waals surface area contributed by atoms with Crippen LogP contribution in [0.2, 0.25) is 40.2 Å². The van der Waals surface area contributed by atoms with Crippen LogP contribution < -0.4 is 21.3 Å². The van der Waals surface area contributed by atoms with Gasteiger partial charge in [-0.2, -0.15) is 46.7 Å². The number of aromatic nitrogens is 12. The minimum atomic E-state index is -4.84. The van der Waals surface area contributed by atoms with Crippen LogP contribution >= 0.6 is 188 Å². The molecule has 0 saturated heterocycles. The van der Waals surface area contributed by atoms with Crippen molar-refractivity contribution in [3.05, 3.63) is 270 Å². The minimum absolute atomic E-state index is 0.00771. The lowest BCUT2D eigenvalue weighted by atomic mass is 10.1. The summed E-state index contributed by atoms with van der Waals surface area (Å²) in [5.74, 6) is -4.41. The van der Waals surface area contributed by atoms with Crippen molar-refractivity contribution in [3.63, 3.8) is 0 Å². The van der Waals surface area contributed by atoms with Crippen molar-refractivity contribution < 1.29 is 64.7 Å². The van der Waals surface area contributed by atoms with Gasteiger partial charge in [0.1, 0.15) is 32.0 Å². The van der Waals surface area contributed by atoms with Crippen LogP contribution in [0.1, 0.15) is 94.8 Å². The first-order valence-corrected chi connectivity index (χ1v) is 41.3. The predicted molar refractivity (Wildman–Crippen MR) is 471 cm³/mol. The third-order valence-corrected chi connectivity index (χ3v) is 20.9. The van der Waals surface area contributed by atoms with Gasteiger partial charge in [0.05, 0.1) is 75.1 Å². The summed E-state index contributed by atoms with van der Waals surface area (Å²) in [6, 6.07) is 28.4. The van der Waals surface area contributed by atoms with Gasteiger partial charge in [-0.1, -0.05) is 125 Å². The summed E-state index contributed by atoms with van der Waals surface area (Å²) < 4.78 is 86.9. The summed E-state index contributed by atoms with van der Waals surface area (Å²) in [4.78, 5) is 124. The molecule has 48 heteroatoms. The first-order chi connectivity index (χ1) is 57.2. The van der Waals surface area contributed by atoms with Gasteiger partial charge in [0, 0.05) is 133 Å². The number of nitrogens with one attached hydrogen (secondary N) is 4. The molecule has 0 aliphatic heterocycles. The standard InChI is InChI=1S/C19H13Br2ClF3N5O2.C19H13Cl3F3N5O2.C18H13Br3ClN5O2.C18H13BrCl3N5O2/c1-29(2)18(32)10-6-9(20)7-11(21)15(10)27-17(31)13-8-14(19(23,24)25)28-30(13)16-12(22)4-3-5-26-16;1-29(2)18(32)10-6-9(20)7-12(22)15(10)27-17(31)13-8-14(19(23,24)25)28-30(13)16-11(21)4-3-5-26-16;1-26(2)18(29)10-6-9(19)7-11(20)15(10)24-17(28)13-8-14(21)25-27(13)16-12(22)4-3-5-23-16;1-26(2)18(29)10-6-9(20)7-12(22)15(10)24-17(28)13-8-14(19)25-27(13)16-11(21)4-3-5-23-16/h2*3-8H,1-2H3,(H,27,31);2*3-8H,1-2H3,(H,24,28). The number of anilines is 4. The van der Waals surface area contributed by atoms with Gasteiger partial charge in [0.15, 0.2) is 34.7 Å². The molecule has 0 spiro atoms. The molecule has 0 bridgehead atoms.